The maximum atomic E-state index is 9.26. The highest BCUT2D eigenvalue weighted by atomic mass is 16.5. The lowest BCUT2D eigenvalue weighted by atomic mass is 10.2. The molecule has 94 valence electrons. The summed E-state index contributed by atoms with van der Waals surface area (Å²) in [6.45, 7) is 3.24. The van der Waals surface area contributed by atoms with E-state index in [4.69, 9.17) is 10.5 Å². The van der Waals surface area contributed by atoms with Crippen LogP contribution in [0, 0.1) is 0 Å². The Morgan fingerprint density at radius 1 is 1.47 bits per heavy atom. The molecule has 7 nitrogen and oxygen atoms in total. The molecule has 0 amide bonds. The number of aliphatic hydroxyl groups is 1. The van der Waals surface area contributed by atoms with Crippen molar-refractivity contribution in [1.29, 1.82) is 0 Å². The van der Waals surface area contributed by atoms with Crippen LogP contribution in [0.1, 0.15) is 19.8 Å². The SMILES string of the molecule is CCOc1nc(N)nc(N2CCCC2CO)n1. The van der Waals surface area contributed by atoms with E-state index in [0.29, 0.717) is 12.6 Å². The molecule has 1 aromatic rings. The van der Waals surface area contributed by atoms with Gasteiger partial charge in [-0.05, 0) is 19.8 Å². The molecule has 3 N–H and O–H groups in total. The van der Waals surface area contributed by atoms with Crippen LogP contribution in [-0.4, -0.2) is 45.9 Å². The lowest BCUT2D eigenvalue weighted by molar-refractivity contribution is 0.265. The third-order valence-corrected chi connectivity index (χ3v) is 2.74. The van der Waals surface area contributed by atoms with E-state index in [1.165, 1.54) is 0 Å². The Morgan fingerprint density at radius 3 is 3.00 bits per heavy atom. The summed E-state index contributed by atoms with van der Waals surface area (Å²) >= 11 is 0. The summed E-state index contributed by atoms with van der Waals surface area (Å²) in [5.74, 6) is 0.625. The van der Waals surface area contributed by atoms with Crippen LogP contribution in [0.3, 0.4) is 0 Å². The van der Waals surface area contributed by atoms with Crippen molar-refractivity contribution in [1.82, 2.24) is 15.0 Å². The highest BCUT2D eigenvalue weighted by Gasteiger charge is 2.26. The second-order valence-corrected chi connectivity index (χ2v) is 3.88. The smallest absolute Gasteiger partial charge is 0.323 e. The highest BCUT2D eigenvalue weighted by Crippen LogP contribution is 2.23. The first-order valence-electron chi connectivity index (χ1n) is 5.76. The monoisotopic (exact) mass is 239 g/mol. The van der Waals surface area contributed by atoms with Crippen LogP contribution in [0.5, 0.6) is 6.01 Å². The van der Waals surface area contributed by atoms with Crippen LogP contribution in [0.25, 0.3) is 0 Å². The molecule has 1 atom stereocenters. The molecule has 1 aliphatic heterocycles. The van der Waals surface area contributed by atoms with Gasteiger partial charge in [0.15, 0.2) is 0 Å². The summed E-state index contributed by atoms with van der Waals surface area (Å²) in [5, 5.41) is 9.26. The molecule has 7 heteroatoms. The Balaban J connectivity index is 2.24. The minimum absolute atomic E-state index is 0.0614. The van der Waals surface area contributed by atoms with Gasteiger partial charge in [-0.3, -0.25) is 0 Å². The van der Waals surface area contributed by atoms with E-state index in [1.807, 2.05) is 11.8 Å². The predicted molar refractivity (Wildman–Crippen MR) is 62.9 cm³/mol. The van der Waals surface area contributed by atoms with Gasteiger partial charge in [-0.25, -0.2) is 0 Å². The topological polar surface area (TPSA) is 97.4 Å². The minimum Gasteiger partial charge on any atom is -0.464 e. The number of nitrogen functional groups attached to an aromatic ring is 1. The second-order valence-electron chi connectivity index (χ2n) is 3.88. The molecule has 0 bridgehead atoms. The quantitative estimate of drug-likeness (QED) is 0.751. The molecule has 1 fully saturated rings. The zero-order valence-electron chi connectivity index (χ0n) is 9.83. The van der Waals surface area contributed by atoms with E-state index in [-0.39, 0.29) is 24.6 Å². The van der Waals surface area contributed by atoms with Gasteiger partial charge >= 0.3 is 6.01 Å². The minimum atomic E-state index is 0.0614. The van der Waals surface area contributed by atoms with E-state index in [2.05, 4.69) is 15.0 Å². The third-order valence-electron chi connectivity index (χ3n) is 2.74. The number of nitrogens with zero attached hydrogens (tertiary/aromatic N) is 4. The summed E-state index contributed by atoms with van der Waals surface area (Å²) in [7, 11) is 0. The van der Waals surface area contributed by atoms with Crippen molar-refractivity contribution in [2.45, 2.75) is 25.8 Å². The molecule has 0 radical (unpaired) electrons. The summed E-state index contributed by atoms with van der Waals surface area (Å²) in [6, 6.07) is 0.296. The fourth-order valence-electron chi connectivity index (χ4n) is 1.97. The average molecular weight is 239 g/mol. The summed E-state index contributed by atoms with van der Waals surface area (Å²) in [5.41, 5.74) is 5.61. The van der Waals surface area contributed by atoms with Crippen LogP contribution in [0.4, 0.5) is 11.9 Å². The number of nitrogens with two attached hydrogens (primary N) is 1. The van der Waals surface area contributed by atoms with Crippen LogP contribution >= 0.6 is 0 Å². The molecular weight excluding hydrogens is 222 g/mol. The number of hydrogen-bond acceptors (Lipinski definition) is 7. The van der Waals surface area contributed by atoms with Crippen molar-refractivity contribution >= 4 is 11.9 Å². The van der Waals surface area contributed by atoms with Gasteiger partial charge in [0.2, 0.25) is 11.9 Å². The van der Waals surface area contributed by atoms with Gasteiger partial charge in [0.05, 0.1) is 19.3 Å². The molecule has 17 heavy (non-hydrogen) atoms. The van der Waals surface area contributed by atoms with Gasteiger partial charge in [-0.1, -0.05) is 0 Å². The number of anilines is 2. The predicted octanol–water partition coefficient (Wildman–Crippen LogP) is -0.186. The lowest BCUT2D eigenvalue weighted by Crippen LogP contribution is -2.33. The van der Waals surface area contributed by atoms with Crippen molar-refractivity contribution in [3.8, 4) is 6.01 Å². The lowest BCUT2D eigenvalue weighted by Gasteiger charge is -2.22. The fourth-order valence-corrected chi connectivity index (χ4v) is 1.97. The molecule has 2 heterocycles. The zero-order chi connectivity index (χ0) is 12.3. The average Bonchev–Trinajstić information content (AvgIpc) is 2.76. The first kappa shape index (κ1) is 11.8. The number of aliphatic hydroxyl groups excluding tert-OH is 1. The van der Waals surface area contributed by atoms with E-state index in [1.54, 1.807) is 0 Å². The Labute approximate surface area is 99.6 Å². The van der Waals surface area contributed by atoms with Crippen molar-refractivity contribution in [3.63, 3.8) is 0 Å². The standard InChI is InChI=1S/C10H17N5O2/c1-2-17-10-13-8(11)12-9(14-10)15-5-3-4-7(15)6-16/h7,16H,2-6H2,1H3,(H2,11,12,13,14). The molecule has 0 aliphatic carbocycles. The van der Waals surface area contributed by atoms with Crippen molar-refractivity contribution < 1.29 is 9.84 Å². The number of ether oxygens (including phenoxy) is 1. The summed E-state index contributed by atoms with van der Waals surface area (Å²) < 4.78 is 5.22. The van der Waals surface area contributed by atoms with Crippen molar-refractivity contribution in [2.75, 3.05) is 30.4 Å². The van der Waals surface area contributed by atoms with E-state index < -0.39 is 0 Å². The van der Waals surface area contributed by atoms with Gasteiger partial charge in [0.1, 0.15) is 0 Å². The van der Waals surface area contributed by atoms with Gasteiger partial charge < -0.3 is 20.5 Å². The molecule has 2 rings (SSSR count). The van der Waals surface area contributed by atoms with Gasteiger partial charge in [0, 0.05) is 6.54 Å². The molecule has 1 aliphatic rings. The molecule has 0 saturated carbocycles. The molecule has 0 spiro atoms. The molecular formula is C10H17N5O2. The third kappa shape index (κ3) is 2.55. The molecule has 1 aromatic heterocycles. The van der Waals surface area contributed by atoms with E-state index in [0.717, 1.165) is 19.4 Å². The van der Waals surface area contributed by atoms with Crippen LogP contribution in [-0.2, 0) is 0 Å². The van der Waals surface area contributed by atoms with Crippen molar-refractivity contribution in [3.05, 3.63) is 0 Å². The summed E-state index contributed by atoms with van der Waals surface area (Å²) in [6.07, 6.45) is 1.95. The molecule has 1 saturated heterocycles. The molecule has 1 unspecified atom stereocenters. The Morgan fingerprint density at radius 2 is 2.29 bits per heavy atom. The number of hydrogen-bond donors (Lipinski definition) is 2. The van der Waals surface area contributed by atoms with E-state index >= 15 is 0 Å². The van der Waals surface area contributed by atoms with Crippen LogP contribution in [0.2, 0.25) is 0 Å². The number of rotatable bonds is 4. The Hall–Kier alpha value is -1.63. The zero-order valence-corrected chi connectivity index (χ0v) is 9.83. The van der Waals surface area contributed by atoms with Crippen LogP contribution < -0.4 is 15.4 Å². The summed E-state index contributed by atoms with van der Waals surface area (Å²) in [4.78, 5) is 14.1. The van der Waals surface area contributed by atoms with Crippen molar-refractivity contribution in [2.24, 2.45) is 0 Å². The van der Waals surface area contributed by atoms with Gasteiger partial charge in [-0.15, -0.1) is 0 Å². The van der Waals surface area contributed by atoms with Gasteiger partial charge in [-0.2, -0.15) is 15.0 Å². The maximum absolute atomic E-state index is 9.26. The highest BCUT2D eigenvalue weighted by molar-refractivity contribution is 5.38. The first-order valence-corrected chi connectivity index (χ1v) is 5.76. The number of aromatic nitrogens is 3. The van der Waals surface area contributed by atoms with Gasteiger partial charge in [0.25, 0.3) is 0 Å². The second kappa shape index (κ2) is 5.13. The fraction of sp³-hybridized carbons (Fsp3) is 0.700. The largest absolute Gasteiger partial charge is 0.464 e. The first-order chi connectivity index (χ1) is 8.24. The van der Waals surface area contributed by atoms with E-state index in [9.17, 15) is 5.11 Å². The Kier molecular flexibility index (Phi) is 3.58. The van der Waals surface area contributed by atoms with Crippen LogP contribution in [0.15, 0.2) is 0 Å². The Bertz CT molecular complexity index is 387. The molecule has 0 aromatic carbocycles. The maximum Gasteiger partial charge on any atom is 0.323 e. The normalized spacial score (nSPS) is 19.6.